The van der Waals surface area contributed by atoms with Crippen molar-refractivity contribution in [3.05, 3.63) is 42.1 Å². The van der Waals surface area contributed by atoms with Crippen molar-refractivity contribution in [3.63, 3.8) is 0 Å². The highest BCUT2D eigenvalue weighted by molar-refractivity contribution is 5.49. The summed E-state index contributed by atoms with van der Waals surface area (Å²) in [4.78, 5) is 16.9. The Hall–Kier alpha value is -2.34. The van der Waals surface area contributed by atoms with Crippen LogP contribution < -0.4 is 14.7 Å². The van der Waals surface area contributed by atoms with Gasteiger partial charge in [-0.05, 0) is 25.0 Å². The zero-order valence-corrected chi connectivity index (χ0v) is 16.2. The van der Waals surface area contributed by atoms with Crippen LogP contribution in [0.15, 0.2) is 36.4 Å². The number of nitrogens with zero attached hydrogens (tertiary/aromatic N) is 5. The molecule has 3 heterocycles. The number of benzene rings is 1. The Labute approximate surface area is 161 Å². The van der Waals surface area contributed by atoms with Gasteiger partial charge in [0.1, 0.15) is 5.82 Å². The number of aryl methyl sites for hydroxylation is 1. The minimum Gasteiger partial charge on any atom is -0.378 e. The number of anilines is 3. The molecule has 2 aliphatic heterocycles. The van der Waals surface area contributed by atoms with Gasteiger partial charge in [0.2, 0.25) is 5.95 Å². The molecule has 6 nitrogen and oxygen atoms in total. The average molecular weight is 367 g/mol. The molecule has 0 spiro atoms. The Balaban J connectivity index is 1.52. The third-order valence-electron chi connectivity index (χ3n) is 5.35. The van der Waals surface area contributed by atoms with E-state index in [4.69, 9.17) is 14.7 Å². The minimum atomic E-state index is 0.755. The topological polar surface area (TPSA) is 44.7 Å². The summed E-state index contributed by atoms with van der Waals surface area (Å²) in [6.07, 6.45) is 2.06. The predicted octanol–water partition coefficient (Wildman–Crippen LogP) is 2.59. The molecule has 0 bridgehead atoms. The van der Waals surface area contributed by atoms with Crippen molar-refractivity contribution in [1.29, 1.82) is 0 Å². The van der Waals surface area contributed by atoms with Gasteiger partial charge in [-0.3, -0.25) is 0 Å². The lowest BCUT2D eigenvalue weighted by Gasteiger charge is -2.29. The second-order valence-electron chi connectivity index (χ2n) is 7.13. The average Bonchev–Trinajstić information content (AvgIpc) is 3.01. The van der Waals surface area contributed by atoms with E-state index in [1.807, 2.05) is 0 Å². The van der Waals surface area contributed by atoms with Gasteiger partial charge in [0.15, 0.2) is 0 Å². The highest BCUT2D eigenvalue weighted by Gasteiger charge is 2.20. The van der Waals surface area contributed by atoms with Crippen LogP contribution in [0.5, 0.6) is 0 Å². The first-order chi connectivity index (χ1) is 13.3. The van der Waals surface area contributed by atoms with Gasteiger partial charge >= 0.3 is 0 Å². The lowest BCUT2D eigenvalue weighted by atomic mass is 10.3. The molecule has 1 aromatic heterocycles. The monoisotopic (exact) mass is 367 g/mol. The van der Waals surface area contributed by atoms with Gasteiger partial charge in [-0.2, -0.15) is 4.98 Å². The maximum atomic E-state index is 5.48. The number of aromatic nitrogens is 2. The second kappa shape index (κ2) is 8.57. The summed E-state index contributed by atoms with van der Waals surface area (Å²) in [5.41, 5.74) is 2.43. The fraction of sp³-hybridized carbons (Fsp3) is 0.524. The van der Waals surface area contributed by atoms with Crippen LogP contribution in [0, 0.1) is 0 Å². The minimum absolute atomic E-state index is 0.755. The molecule has 2 saturated heterocycles. The summed E-state index contributed by atoms with van der Waals surface area (Å²) in [5, 5.41) is 0. The third kappa shape index (κ3) is 4.33. The van der Waals surface area contributed by atoms with E-state index in [0.717, 1.165) is 82.8 Å². The quantitative estimate of drug-likeness (QED) is 0.828. The first kappa shape index (κ1) is 18.0. The first-order valence-electron chi connectivity index (χ1n) is 10.1. The Bertz CT molecular complexity index is 733. The Morgan fingerprint density at radius 1 is 0.852 bits per heavy atom. The summed E-state index contributed by atoms with van der Waals surface area (Å²) < 4.78 is 5.48. The van der Waals surface area contributed by atoms with Gasteiger partial charge in [-0.15, -0.1) is 0 Å². The largest absolute Gasteiger partial charge is 0.378 e. The normalized spacial score (nSPS) is 18.5. The number of morpholine rings is 1. The maximum absolute atomic E-state index is 5.48. The van der Waals surface area contributed by atoms with Crippen molar-refractivity contribution in [2.45, 2.75) is 19.8 Å². The fourth-order valence-corrected chi connectivity index (χ4v) is 3.76. The van der Waals surface area contributed by atoms with Crippen LogP contribution in [0.2, 0.25) is 0 Å². The molecule has 0 radical (unpaired) electrons. The lowest BCUT2D eigenvalue weighted by molar-refractivity contribution is 0.122. The molecular formula is C21H29N5O. The zero-order valence-electron chi connectivity index (χ0n) is 16.2. The first-order valence-corrected chi connectivity index (χ1v) is 10.1. The summed E-state index contributed by atoms with van der Waals surface area (Å²) in [5.74, 6) is 1.93. The van der Waals surface area contributed by atoms with E-state index >= 15 is 0 Å². The van der Waals surface area contributed by atoms with Crippen LogP contribution in [-0.2, 0) is 11.2 Å². The Kier molecular flexibility index (Phi) is 5.72. The highest BCUT2D eigenvalue weighted by atomic mass is 16.5. The molecule has 27 heavy (non-hydrogen) atoms. The Morgan fingerprint density at radius 3 is 2.37 bits per heavy atom. The van der Waals surface area contributed by atoms with Crippen molar-refractivity contribution < 1.29 is 4.74 Å². The van der Waals surface area contributed by atoms with Gasteiger partial charge in [-0.25, -0.2) is 4.98 Å². The molecule has 2 aromatic rings. The van der Waals surface area contributed by atoms with Gasteiger partial charge in [0.05, 0.1) is 13.2 Å². The summed E-state index contributed by atoms with van der Waals surface area (Å²) in [7, 11) is 0. The van der Waals surface area contributed by atoms with Crippen molar-refractivity contribution >= 4 is 17.5 Å². The Morgan fingerprint density at radius 2 is 1.59 bits per heavy atom. The van der Waals surface area contributed by atoms with E-state index in [-0.39, 0.29) is 0 Å². The van der Waals surface area contributed by atoms with Gasteiger partial charge in [0, 0.05) is 56.7 Å². The zero-order chi connectivity index (χ0) is 18.5. The molecule has 2 aliphatic rings. The summed E-state index contributed by atoms with van der Waals surface area (Å²) in [6.45, 7) is 9.53. The molecule has 4 rings (SSSR count). The standard InChI is InChI=1S/C21H29N5O/c1-2-18-17-20(23-21(22-18)26-13-15-27-16-14-26)25-10-6-9-24(11-12-25)19-7-4-3-5-8-19/h3-5,7-8,17H,2,6,9-16H2,1H3. The molecule has 0 atom stereocenters. The van der Waals surface area contributed by atoms with E-state index in [1.54, 1.807) is 0 Å². The molecule has 0 amide bonds. The van der Waals surface area contributed by atoms with Crippen LogP contribution in [0.1, 0.15) is 19.0 Å². The second-order valence-corrected chi connectivity index (χ2v) is 7.13. The van der Waals surface area contributed by atoms with Gasteiger partial charge < -0.3 is 19.4 Å². The lowest BCUT2D eigenvalue weighted by Crippen LogP contribution is -2.38. The van der Waals surface area contributed by atoms with E-state index in [2.05, 4.69) is 58.0 Å². The molecule has 144 valence electrons. The van der Waals surface area contributed by atoms with Crippen molar-refractivity contribution in [1.82, 2.24) is 9.97 Å². The van der Waals surface area contributed by atoms with E-state index < -0.39 is 0 Å². The van der Waals surface area contributed by atoms with Crippen LogP contribution in [-0.4, -0.2) is 62.5 Å². The highest BCUT2D eigenvalue weighted by Crippen LogP contribution is 2.22. The predicted molar refractivity (Wildman–Crippen MR) is 110 cm³/mol. The van der Waals surface area contributed by atoms with Crippen LogP contribution in [0.25, 0.3) is 0 Å². The number of ether oxygens (including phenoxy) is 1. The number of para-hydroxylation sites is 1. The molecule has 0 N–H and O–H groups in total. The molecule has 2 fully saturated rings. The smallest absolute Gasteiger partial charge is 0.227 e. The van der Waals surface area contributed by atoms with Crippen molar-refractivity contribution in [2.75, 3.05) is 67.2 Å². The molecule has 0 aliphatic carbocycles. The van der Waals surface area contributed by atoms with Crippen LogP contribution in [0.3, 0.4) is 0 Å². The molecule has 1 aromatic carbocycles. The molecular weight excluding hydrogens is 338 g/mol. The van der Waals surface area contributed by atoms with Gasteiger partial charge in [-0.1, -0.05) is 25.1 Å². The summed E-state index contributed by atoms with van der Waals surface area (Å²) >= 11 is 0. The van der Waals surface area contributed by atoms with Gasteiger partial charge in [0.25, 0.3) is 0 Å². The maximum Gasteiger partial charge on any atom is 0.227 e. The van der Waals surface area contributed by atoms with Crippen molar-refractivity contribution in [2.24, 2.45) is 0 Å². The fourth-order valence-electron chi connectivity index (χ4n) is 3.76. The van der Waals surface area contributed by atoms with Crippen molar-refractivity contribution in [3.8, 4) is 0 Å². The molecule has 0 saturated carbocycles. The SMILES string of the molecule is CCc1cc(N2CCCN(c3ccccc3)CC2)nc(N2CCOCC2)n1. The van der Waals surface area contributed by atoms with Crippen LogP contribution >= 0.6 is 0 Å². The molecule has 0 unspecified atom stereocenters. The number of rotatable bonds is 4. The molecule has 6 heteroatoms. The number of hydrogen-bond acceptors (Lipinski definition) is 6. The summed E-state index contributed by atoms with van der Waals surface area (Å²) in [6, 6.07) is 12.9. The van der Waals surface area contributed by atoms with Crippen LogP contribution in [0.4, 0.5) is 17.5 Å². The van der Waals surface area contributed by atoms with E-state index in [0.29, 0.717) is 0 Å². The number of hydrogen-bond donors (Lipinski definition) is 0. The van der Waals surface area contributed by atoms with E-state index in [9.17, 15) is 0 Å². The third-order valence-corrected chi connectivity index (χ3v) is 5.35. The van der Waals surface area contributed by atoms with E-state index in [1.165, 1.54) is 5.69 Å².